The Morgan fingerprint density at radius 3 is 2.64 bits per heavy atom. The predicted octanol–water partition coefficient (Wildman–Crippen LogP) is 5.22. The number of hydrogen-bond acceptors (Lipinski definition) is 4. The molecule has 1 aliphatic heterocycles. The monoisotopic (exact) mass is 482 g/mol. The summed E-state index contributed by atoms with van der Waals surface area (Å²) in [7, 11) is 0. The maximum atomic E-state index is 13.2. The van der Waals surface area contributed by atoms with Gasteiger partial charge in [-0.25, -0.2) is 4.98 Å². The van der Waals surface area contributed by atoms with E-state index in [4.69, 9.17) is 9.72 Å². The lowest BCUT2D eigenvalue weighted by atomic mass is 10.0. The highest BCUT2D eigenvalue weighted by molar-refractivity contribution is 5.96. The minimum absolute atomic E-state index is 0.00554. The van der Waals surface area contributed by atoms with Gasteiger partial charge in [0.1, 0.15) is 11.7 Å². The van der Waals surface area contributed by atoms with Gasteiger partial charge >= 0.3 is 0 Å². The minimum atomic E-state index is -0.0533. The standard InChI is InChI=1S/C30H34N4O2/c1-5-21-15-23(6-2)32-30-29(21)25(16-31)27(13-14-28(35)33-17-19(3)36-20(4)18-33)34(30)26-12-11-22-9-7-8-10-24(22)26/h7-10,13-15,19-20,26H,5-6,11-12,17-18H2,1-4H3. The van der Waals surface area contributed by atoms with Gasteiger partial charge in [0.25, 0.3) is 0 Å². The van der Waals surface area contributed by atoms with E-state index in [1.165, 1.54) is 11.1 Å². The van der Waals surface area contributed by atoms with Crippen molar-refractivity contribution in [2.75, 3.05) is 13.1 Å². The normalized spacial score (nSPS) is 21.8. The zero-order valence-corrected chi connectivity index (χ0v) is 21.6. The molecule has 0 N–H and O–H groups in total. The number of amides is 1. The number of carbonyl (C=O) groups excluding carboxylic acids is 1. The Bertz CT molecular complexity index is 1370. The molecule has 1 amide bonds. The molecule has 1 aliphatic carbocycles. The van der Waals surface area contributed by atoms with Gasteiger partial charge in [-0.3, -0.25) is 4.79 Å². The van der Waals surface area contributed by atoms with Crippen LogP contribution in [0.3, 0.4) is 0 Å². The van der Waals surface area contributed by atoms with Crippen LogP contribution in [-0.4, -0.2) is 45.7 Å². The number of fused-ring (bicyclic) bond motifs is 2. The van der Waals surface area contributed by atoms with Crippen molar-refractivity contribution >= 4 is 23.0 Å². The van der Waals surface area contributed by atoms with Crippen molar-refractivity contribution in [3.05, 3.63) is 70.0 Å². The number of morpholine rings is 1. The second-order valence-electron chi connectivity index (χ2n) is 10.0. The molecule has 3 unspecified atom stereocenters. The number of benzene rings is 1. The molecule has 5 rings (SSSR count). The van der Waals surface area contributed by atoms with Crippen molar-refractivity contribution in [1.29, 1.82) is 5.26 Å². The van der Waals surface area contributed by atoms with E-state index in [0.29, 0.717) is 18.7 Å². The van der Waals surface area contributed by atoms with Gasteiger partial charge in [0.15, 0.2) is 0 Å². The van der Waals surface area contributed by atoms with Crippen molar-refractivity contribution in [1.82, 2.24) is 14.5 Å². The second kappa shape index (κ2) is 9.91. The van der Waals surface area contributed by atoms with Crippen LogP contribution in [-0.2, 0) is 28.8 Å². The van der Waals surface area contributed by atoms with Crippen molar-refractivity contribution in [2.45, 2.75) is 71.6 Å². The van der Waals surface area contributed by atoms with Crippen molar-refractivity contribution in [3.63, 3.8) is 0 Å². The zero-order valence-electron chi connectivity index (χ0n) is 21.6. The molecule has 3 atom stereocenters. The molecule has 3 aromatic rings. The number of hydrogen-bond donors (Lipinski definition) is 0. The number of aromatic nitrogens is 2. The lowest BCUT2D eigenvalue weighted by Gasteiger charge is -2.34. The van der Waals surface area contributed by atoms with E-state index in [1.807, 2.05) is 24.8 Å². The second-order valence-corrected chi connectivity index (χ2v) is 10.0. The lowest BCUT2D eigenvalue weighted by Crippen LogP contribution is -2.47. The van der Waals surface area contributed by atoms with Gasteiger partial charge < -0.3 is 14.2 Å². The maximum Gasteiger partial charge on any atom is 0.246 e. The number of rotatable bonds is 5. The summed E-state index contributed by atoms with van der Waals surface area (Å²) in [6.07, 6.45) is 7.06. The zero-order chi connectivity index (χ0) is 25.4. The molecule has 6 heteroatoms. The summed E-state index contributed by atoms with van der Waals surface area (Å²) in [6, 6.07) is 13.2. The third-order valence-corrected chi connectivity index (χ3v) is 7.51. The molecule has 186 valence electrons. The van der Waals surface area contributed by atoms with Crippen LogP contribution in [0.5, 0.6) is 0 Å². The summed E-state index contributed by atoms with van der Waals surface area (Å²) >= 11 is 0. The first kappa shape index (κ1) is 24.3. The van der Waals surface area contributed by atoms with Gasteiger partial charge in [0.05, 0.1) is 29.5 Å². The highest BCUT2D eigenvalue weighted by Crippen LogP contribution is 2.40. The molecule has 3 heterocycles. The third kappa shape index (κ3) is 4.22. The molecule has 2 aromatic heterocycles. The smallest absolute Gasteiger partial charge is 0.246 e. The summed E-state index contributed by atoms with van der Waals surface area (Å²) in [6.45, 7) is 9.36. The van der Waals surface area contributed by atoms with E-state index in [2.05, 4.69) is 54.8 Å². The van der Waals surface area contributed by atoms with Crippen LogP contribution in [0.1, 0.15) is 73.8 Å². The van der Waals surface area contributed by atoms with Gasteiger partial charge in [0, 0.05) is 30.2 Å². The average molecular weight is 483 g/mol. The SMILES string of the molecule is CCc1cc(CC)c2c(C#N)c(C=CC(=O)N3CC(C)OC(C)C3)n(C3CCc4ccccc43)c2n1. The van der Waals surface area contributed by atoms with E-state index >= 15 is 0 Å². The molecule has 1 saturated heterocycles. The highest BCUT2D eigenvalue weighted by Gasteiger charge is 2.30. The van der Waals surface area contributed by atoms with Gasteiger partial charge in [-0.15, -0.1) is 0 Å². The number of nitrogens with zero attached hydrogens (tertiary/aromatic N) is 4. The Labute approximate surface area is 213 Å². The predicted molar refractivity (Wildman–Crippen MR) is 142 cm³/mol. The number of pyridine rings is 1. The van der Waals surface area contributed by atoms with Gasteiger partial charge in [0.2, 0.25) is 5.91 Å². The molecule has 1 aromatic carbocycles. The molecular weight excluding hydrogens is 448 g/mol. The van der Waals surface area contributed by atoms with Crippen LogP contribution in [0, 0.1) is 11.3 Å². The van der Waals surface area contributed by atoms with E-state index < -0.39 is 0 Å². The summed E-state index contributed by atoms with van der Waals surface area (Å²) < 4.78 is 8.03. The molecule has 0 bridgehead atoms. The Hall–Kier alpha value is -3.43. The summed E-state index contributed by atoms with van der Waals surface area (Å²) in [5.74, 6) is -0.0533. The summed E-state index contributed by atoms with van der Waals surface area (Å²) in [5, 5.41) is 11.3. The summed E-state index contributed by atoms with van der Waals surface area (Å²) in [5.41, 5.74) is 7.00. The van der Waals surface area contributed by atoms with Gasteiger partial charge in [-0.2, -0.15) is 5.26 Å². The number of nitriles is 1. The quantitative estimate of drug-likeness (QED) is 0.468. The Balaban J connectivity index is 1.68. The van der Waals surface area contributed by atoms with Crippen molar-refractivity contribution in [3.8, 4) is 6.07 Å². The first-order chi connectivity index (χ1) is 17.4. The van der Waals surface area contributed by atoms with Gasteiger partial charge in [-0.05, 0) is 68.4 Å². The van der Waals surface area contributed by atoms with Crippen LogP contribution in [0.2, 0.25) is 0 Å². The van der Waals surface area contributed by atoms with Crippen molar-refractivity contribution < 1.29 is 9.53 Å². The van der Waals surface area contributed by atoms with E-state index in [-0.39, 0.29) is 24.2 Å². The fourth-order valence-electron chi connectivity index (χ4n) is 5.92. The number of carbonyl (C=O) groups is 1. The first-order valence-corrected chi connectivity index (χ1v) is 13.1. The van der Waals surface area contributed by atoms with Gasteiger partial charge in [-0.1, -0.05) is 38.1 Å². The topological polar surface area (TPSA) is 71.2 Å². The fourth-order valence-corrected chi connectivity index (χ4v) is 5.92. The number of aryl methyl sites for hydroxylation is 3. The molecule has 0 saturated carbocycles. The fraction of sp³-hybridized carbons (Fsp3) is 0.433. The summed E-state index contributed by atoms with van der Waals surface area (Å²) in [4.78, 5) is 20.1. The molecule has 2 aliphatic rings. The van der Waals surface area contributed by atoms with Crippen molar-refractivity contribution in [2.24, 2.45) is 0 Å². The minimum Gasteiger partial charge on any atom is -0.372 e. The molecule has 1 fully saturated rings. The van der Waals surface area contributed by atoms with Crippen LogP contribution < -0.4 is 0 Å². The Morgan fingerprint density at radius 2 is 1.94 bits per heavy atom. The van der Waals surface area contributed by atoms with E-state index in [1.54, 1.807) is 6.08 Å². The molecule has 0 radical (unpaired) electrons. The van der Waals surface area contributed by atoms with E-state index in [0.717, 1.165) is 53.7 Å². The molecule has 36 heavy (non-hydrogen) atoms. The molecule has 0 spiro atoms. The lowest BCUT2D eigenvalue weighted by molar-refractivity contribution is -0.137. The van der Waals surface area contributed by atoms with Crippen LogP contribution in [0.15, 0.2) is 36.4 Å². The largest absolute Gasteiger partial charge is 0.372 e. The van der Waals surface area contributed by atoms with Crippen LogP contribution in [0.25, 0.3) is 17.1 Å². The highest BCUT2D eigenvalue weighted by atomic mass is 16.5. The molecule has 6 nitrogen and oxygen atoms in total. The van der Waals surface area contributed by atoms with Crippen LogP contribution >= 0.6 is 0 Å². The molecular formula is C30H34N4O2. The Morgan fingerprint density at radius 1 is 1.19 bits per heavy atom. The number of ether oxygens (including phenoxy) is 1. The maximum absolute atomic E-state index is 13.2. The van der Waals surface area contributed by atoms with Crippen LogP contribution in [0.4, 0.5) is 0 Å². The Kier molecular flexibility index (Phi) is 6.68. The third-order valence-electron chi connectivity index (χ3n) is 7.51. The average Bonchev–Trinajstić information content (AvgIpc) is 3.44. The first-order valence-electron chi connectivity index (χ1n) is 13.1. The van der Waals surface area contributed by atoms with E-state index in [9.17, 15) is 10.1 Å².